The van der Waals surface area contributed by atoms with Crippen LogP contribution in [-0.2, 0) is 4.79 Å². The van der Waals surface area contributed by atoms with E-state index < -0.39 is 0 Å². The van der Waals surface area contributed by atoms with Crippen molar-refractivity contribution < 1.29 is 9.59 Å². The molecule has 1 N–H and O–H groups in total. The molecule has 0 atom stereocenters. The summed E-state index contributed by atoms with van der Waals surface area (Å²) >= 11 is 6.20. The second-order valence-electron chi connectivity index (χ2n) is 6.19. The molecular weight excluding hydrogens is 314 g/mol. The van der Waals surface area contributed by atoms with Crippen LogP contribution in [0.25, 0.3) is 0 Å². The molecule has 1 saturated heterocycles. The molecule has 0 aromatic heterocycles. The summed E-state index contributed by atoms with van der Waals surface area (Å²) in [5, 5.41) is 3.49. The zero-order valence-corrected chi connectivity index (χ0v) is 14.1. The molecule has 3 rings (SSSR count). The monoisotopic (exact) mass is 335 g/mol. The van der Waals surface area contributed by atoms with Crippen molar-refractivity contribution in [1.29, 1.82) is 0 Å². The van der Waals surface area contributed by atoms with Crippen LogP contribution in [0.3, 0.4) is 0 Å². The molecule has 0 radical (unpaired) electrons. The molecule has 1 aromatic rings. The Kier molecular flexibility index (Phi) is 4.76. The minimum Gasteiger partial charge on any atom is -0.388 e. The van der Waals surface area contributed by atoms with Crippen LogP contribution in [0.1, 0.15) is 29.6 Å². The first-order valence-electron chi connectivity index (χ1n) is 8.15. The molecular formula is C17H22ClN3O2. The van der Waals surface area contributed by atoms with Gasteiger partial charge in [-0.25, -0.2) is 0 Å². The molecule has 1 aliphatic carbocycles. The summed E-state index contributed by atoms with van der Waals surface area (Å²) in [6, 6.07) is 5.36. The van der Waals surface area contributed by atoms with E-state index >= 15 is 0 Å². The van der Waals surface area contributed by atoms with Crippen molar-refractivity contribution in [2.45, 2.75) is 19.3 Å². The van der Waals surface area contributed by atoms with Crippen molar-refractivity contribution in [3.63, 3.8) is 0 Å². The predicted octanol–water partition coefficient (Wildman–Crippen LogP) is 2.47. The summed E-state index contributed by atoms with van der Waals surface area (Å²) in [5.74, 6) is 0.432. The summed E-state index contributed by atoms with van der Waals surface area (Å²) in [5.41, 5.74) is 1.37. The third-order valence-corrected chi connectivity index (χ3v) is 4.84. The summed E-state index contributed by atoms with van der Waals surface area (Å²) in [4.78, 5) is 28.7. The van der Waals surface area contributed by atoms with Gasteiger partial charge in [0.1, 0.15) is 0 Å². The minimum atomic E-state index is -0.0622. The number of amides is 2. The van der Waals surface area contributed by atoms with Gasteiger partial charge < -0.3 is 15.1 Å². The lowest BCUT2D eigenvalue weighted by atomic mass is 10.1. The molecule has 1 saturated carbocycles. The van der Waals surface area contributed by atoms with E-state index in [4.69, 9.17) is 11.6 Å². The van der Waals surface area contributed by atoms with Crippen molar-refractivity contribution in [3.05, 3.63) is 28.8 Å². The Labute approximate surface area is 141 Å². The van der Waals surface area contributed by atoms with Crippen molar-refractivity contribution in [1.82, 2.24) is 9.80 Å². The maximum Gasteiger partial charge on any atom is 0.255 e. The molecule has 23 heavy (non-hydrogen) atoms. The maximum absolute atomic E-state index is 12.8. The molecule has 2 aliphatic rings. The van der Waals surface area contributed by atoms with Crippen LogP contribution in [0, 0.1) is 5.92 Å². The number of carbonyl (C=O) groups is 2. The van der Waals surface area contributed by atoms with Crippen molar-refractivity contribution in [2.24, 2.45) is 5.92 Å². The van der Waals surface area contributed by atoms with E-state index in [0.717, 1.165) is 31.5 Å². The molecule has 2 fully saturated rings. The Morgan fingerprint density at radius 2 is 1.83 bits per heavy atom. The van der Waals surface area contributed by atoms with Gasteiger partial charge >= 0.3 is 0 Å². The third kappa shape index (κ3) is 3.61. The summed E-state index contributed by atoms with van der Waals surface area (Å²) in [6.45, 7) is 2.58. The quantitative estimate of drug-likeness (QED) is 0.923. The topological polar surface area (TPSA) is 52.7 Å². The fraction of sp³-hybridized carbons (Fsp3) is 0.529. The Bertz CT molecular complexity index is 616. The largest absolute Gasteiger partial charge is 0.388 e. The van der Waals surface area contributed by atoms with Crippen LogP contribution in [-0.4, -0.2) is 54.8 Å². The average Bonchev–Trinajstić information content (AvgIpc) is 3.40. The fourth-order valence-corrected chi connectivity index (χ4v) is 3.14. The van der Waals surface area contributed by atoms with Crippen molar-refractivity contribution in [2.75, 3.05) is 38.5 Å². The number of halogens is 1. The molecule has 2 amide bonds. The second kappa shape index (κ2) is 6.79. The predicted molar refractivity (Wildman–Crippen MR) is 90.8 cm³/mol. The van der Waals surface area contributed by atoms with Crippen LogP contribution < -0.4 is 5.32 Å². The number of nitrogens with one attached hydrogen (secondary N) is 1. The van der Waals surface area contributed by atoms with E-state index in [9.17, 15) is 9.59 Å². The van der Waals surface area contributed by atoms with E-state index in [1.165, 1.54) is 0 Å². The number of nitrogens with zero attached hydrogens (tertiary/aromatic N) is 2. The molecule has 0 unspecified atom stereocenters. The number of anilines is 1. The van der Waals surface area contributed by atoms with E-state index in [1.807, 2.05) is 18.0 Å². The molecule has 0 bridgehead atoms. The van der Waals surface area contributed by atoms with Crippen LogP contribution in [0.5, 0.6) is 0 Å². The first-order valence-corrected chi connectivity index (χ1v) is 8.53. The summed E-state index contributed by atoms with van der Waals surface area (Å²) in [7, 11) is 1.81. The minimum absolute atomic E-state index is 0.0622. The van der Waals surface area contributed by atoms with Gasteiger partial charge in [-0.05, 0) is 37.5 Å². The normalized spacial score (nSPS) is 18.5. The van der Waals surface area contributed by atoms with Gasteiger partial charge in [0.2, 0.25) is 5.91 Å². The second-order valence-corrected chi connectivity index (χ2v) is 6.60. The Morgan fingerprint density at radius 3 is 2.52 bits per heavy atom. The highest BCUT2D eigenvalue weighted by Gasteiger charge is 2.34. The van der Waals surface area contributed by atoms with Crippen LogP contribution in [0.15, 0.2) is 18.2 Å². The van der Waals surface area contributed by atoms with E-state index in [2.05, 4.69) is 5.32 Å². The number of hydrogen-bond donors (Lipinski definition) is 1. The zero-order valence-electron chi connectivity index (χ0n) is 13.3. The molecule has 1 heterocycles. The lowest BCUT2D eigenvalue weighted by Gasteiger charge is -2.23. The zero-order chi connectivity index (χ0) is 16.4. The number of rotatable bonds is 3. The Hall–Kier alpha value is -1.75. The van der Waals surface area contributed by atoms with Gasteiger partial charge in [-0.3, -0.25) is 9.59 Å². The highest BCUT2D eigenvalue weighted by atomic mass is 35.5. The summed E-state index contributed by atoms with van der Waals surface area (Å²) < 4.78 is 0. The Balaban J connectivity index is 1.69. The number of benzene rings is 1. The molecule has 6 heteroatoms. The molecule has 0 spiro atoms. The van der Waals surface area contributed by atoms with Crippen LogP contribution >= 0.6 is 11.6 Å². The highest BCUT2D eigenvalue weighted by molar-refractivity contribution is 6.34. The molecule has 1 aliphatic heterocycles. The third-order valence-electron chi connectivity index (χ3n) is 4.51. The first-order chi connectivity index (χ1) is 11.1. The van der Waals surface area contributed by atoms with Gasteiger partial charge in [0.25, 0.3) is 5.91 Å². The van der Waals surface area contributed by atoms with Gasteiger partial charge in [-0.15, -0.1) is 0 Å². The molecule has 1 aromatic carbocycles. The smallest absolute Gasteiger partial charge is 0.255 e. The van der Waals surface area contributed by atoms with Gasteiger partial charge in [-0.2, -0.15) is 0 Å². The number of carbonyl (C=O) groups excluding carboxylic acids is 2. The number of hydrogen-bond acceptors (Lipinski definition) is 3. The van der Waals surface area contributed by atoms with Gasteiger partial charge in [0.05, 0.1) is 10.6 Å². The maximum atomic E-state index is 12.8. The fourth-order valence-electron chi connectivity index (χ4n) is 2.94. The van der Waals surface area contributed by atoms with Crippen molar-refractivity contribution in [3.8, 4) is 0 Å². The standard InChI is InChI=1S/C17H22ClN3O2/c1-19-13-5-6-15(18)14(11-13)17(23)21-8-2-7-20(9-10-21)16(22)12-3-4-12/h5-6,11-12,19H,2-4,7-10H2,1H3. The SMILES string of the molecule is CNc1ccc(Cl)c(C(=O)N2CCCN(C(=O)C3CC3)CC2)c1. The van der Waals surface area contributed by atoms with Gasteiger partial charge in [0, 0.05) is 44.8 Å². The highest BCUT2D eigenvalue weighted by Crippen LogP contribution is 2.31. The molecule has 124 valence electrons. The summed E-state index contributed by atoms with van der Waals surface area (Å²) in [6.07, 6.45) is 2.85. The van der Waals surface area contributed by atoms with E-state index in [-0.39, 0.29) is 17.7 Å². The van der Waals surface area contributed by atoms with Gasteiger partial charge in [0.15, 0.2) is 0 Å². The lowest BCUT2D eigenvalue weighted by molar-refractivity contribution is -0.132. The lowest BCUT2D eigenvalue weighted by Crippen LogP contribution is -2.38. The van der Waals surface area contributed by atoms with E-state index in [1.54, 1.807) is 17.0 Å². The van der Waals surface area contributed by atoms with E-state index in [0.29, 0.717) is 30.2 Å². The average molecular weight is 336 g/mol. The molecule has 5 nitrogen and oxygen atoms in total. The van der Waals surface area contributed by atoms with Crippen LogP contribution in [0.2, 0.25) is 5.02 Å². The Morgan fingerprint density at radius 1 is 1.13 bits per heavy atom. The first kappa shape index (κ1) is 16.1. The van der Waals surface area contributed by atoms with Gasteiger partial charge in [-0.1, -0.05) is 11.6 Å². The van der Waals surface area contributed by atoms with Crippen molar-refractivity contribution >= 4 is 29.1 Å². The van der Waals surface area contributed by atoms with Crippen LogP contribution in [0.4, 0.5) is 5.69 Å².